The standard InChI is InChI=1S/C22H24N6O3S/c23-11-14-4-1-2-5-15(14)12-28-21(31)19-17(10-18(32-19)20(30)25-7-9-29)26-22(28)27-8-3-6-16(24)13-27/h1-2,4-5,10,16,29H,3,6-9,12-13,24H2,(H,25,30). The largest absolute Gasteiger partial charge is 0.395 e. The predicted octanol–water partition coefficient (Wildman–Crippen LogP) is 1.03. The number of fused-ring (bicyclic) bond motifs is 1. The SMILES string of the molecule is N#Cc1ccccc1Cn1c(N2CCCC(N)C2)nc2cc(C(=O)NCCO)sc2c1=O. The molecular weight excluding hydrogens is 428 g/mol. The molecule has 0 spiro atoms. The number of carbonyl (C=O) groups is 1. The Balaban J connectivity index is 1.84. The quantitative estimate of drug-likeness (QED) is 0.508. The number of anilines is 1. The third-order valence-electron chi connectivity index (χ3n) is 5.44. The first kappa shape index (κ1) is 22.0. The summed E-state index contributed by atoms with van der Waals surface area (Å²) in [5.74, 6) is 0.134. The van der Waals surface area contributed by atoms with Gasteiger partial charge in [-0.05, 0) is 30.5 Å². The molecule has 9 nitrogen and oxygen atoms in total. The highest BCUT2D eigenvalue weighted by Gasteiger charge is 2.24. The van der Waals surface area contributed by atoms with Crippen molar-refractivity contribution in [3.05, 3.63) is 56.7 Å². The monoisotopic (exact) mass is 452 g/mol. The Labute approximate surface area is 188 Å². The normalized spacial score (nSPS) is 16.2. The Morgan fingerprint density at radius 3 is 2.97 bits per heavy atom. The van der Waals surface area contributed by atoms with Crippen LogP contribution in [-0.2, 0) is 6.54 Å². The molecule has 1 unspecified atom stereocenters. The van der Waals surface area contributed by atoms with Crippen molar-refractivity contribution >= 4 is 33.4 Å². The molecule has 1 aliphatic heterocycles. The third kappa shape index (κ3) is 4.36. The van der Waals surface area contributed by atoms with E-state index in [0.29, 0.717) is 33.2 Å². The minimum atomic E-state index is -0.357. The maximum absolute atomic E-state index is 13.5. The van der Waals surface area contributed by atoms with Gasteiger partial charge < -0.3 is 21.1 Å². The lowest BCUT2D eigenvalue weighted by Gasteiger charge is -2.33. The second-order valence-electron chi connectivity index (χ2n) is 7.72. The van der Waals surface area contributed by atoms with E-state index in [0.717, 1.165) is 36.3 Å². The number of piperidine rings is 1. The second-order valence-corrected chi connectivity index (χ2v) is 8.78. The number of aliphatic hydroxyl groups excluding tert-OH is 1. The molecule has 1 atom stereocenters. The number of nitrogens with zero attached hydrogens (tertiary/aromatic N) is 4. The summed E-state index contributed by atoms with van der Waals surface area (Å²) in [5.41, 5.74) is 7.59. The van der Waals surface area contributed by atoms with Crippen LogP contribution in [0.1, 0.15) is 33.6 Å². The molecule has 1 aromatic carbocycles. The molecule has 1 aliphatic rings. The lowest BCUT2D eigenvalue weighted by molar-refractivity contribution is 0.0949. The molecule has 1 fully saturated rings. The molecule has 0 aliphatic carbocycles. The molecule has 10 heteroatoms. The molecule has 0 saturated carbocycles. The van der Waals surface area contributed by atoms with Crippen LogP contribution in [0.15, 0.2) is 35.1 Å². The molecule has 0 radical (unpaired) electrons. The molecule has 2 aromatic heterocycles. The average Bonchev–Trinajstić information content (AvgIpc) is 3.24. The van der Waals surface area contributed by atoms with E-state index in [1.165, 1.54) is 0 Å². The van der Waals surface area contributed by atoms with Crippen molar-refractivity contribution in [1.29, 1.82) is 5.26 Å². The number of nitriles is 1. The Morgan fingerprint density at radius 2 is 2.22 bits per heavy atom. The molecule has 166 valence electrons. The zero-order chi connectivity index (χ0) is 22.7. The number of amides is 1. The van der Waals surface area contributed by atoms with Gasteiger partial charge in [0.25, 0.3) is 11.5 Å². The van der Waals surface area contributed by atoms with Gasteiger partial charge in [-0.2, -0.15) is 5.26 Å². The van der Waals surface area contributed by atoms with Crippen molar-refractivity contribution < 1.29 is 9.90 Å². The number of hydrogen-bond acceptors (Lipinski definition) is 8. The van der Waals surface area contributed by atoms with Gasteiger partial charge in [0.05, 0.1) is 35.2 Å². The summed E-state index contributed by atoms with van der Waals surface area (Å²) in [6.45, 7) is 1.45. The van der Waals surface area contributed by atoms with Crippen molar-refractivity contribution in [2.75, 3.05) is 31.1 Å². The number of benzene rings is 1. The maximum Gasteiger partial charge on any atom is 0.273 e. The Bertz CT molecular complexity index is 1240. The number of carbonyl (C=O) groups excluding carboxylic acids is 1. The highest BCUT2D eigenvalue weighted by Crippen LogP contribution is 2.26. The first-order valence-electron chi connectivity index (χ1n) is 10.4. The number of nitrogens with two attached hydrogens (primary N) is 1. The first-order chi connectivity index (χ1) is 15.5. The number of hydrogen-bond donors (Lipinski definition) is 3. The highest BCUT2D eigenvalue weighted by atomic mass is 32.1. The van der Waals surface area contributed by atoms with Gasteiger partial charge in [0.15, 0.2) is 0 Å². The van der Waals surface area contributed by atoms with Crippen molar-refractivity contribution in [2.24, 2.45) is 5.73 Å². The Morgan fingerprint density at radius 1 is 1.41 bits per heavy atom. The van der Waals surface area contributed by atoms with Gasteiger partial charge in [-0.25, -0.2) is 4.98 Å². The minimum absolute atomic E-state index is 0.0153. The van der Waals surface area contributed by atoms with E-state index in [4.69, 9.17) is 15.8 Å². The fraction of sp³-hybridized carbons (Fsp3) is 0.364. The van der Waals surface area contributed by atoms with Gasteiger partial charge in [-0.15, -0.1) is 11.3 Å². The molecule has 4 rings (SSSR count). The zero-order valence-electron chi connectivity index (χ0n) is 17.5. The van der Waals surface area contributed by atoms with Gasteiger partial charge in [0.2, 0.25) is 5.95 Å². The summed E-state index contributed by atoms with van der Waals surface area (Å²) in [6.07, 6.45) is 1.80. The van der Waals surface area contributed by atoms with Crippen LogP contribution in [0.3, 0.4) is 0 Å². The van der Waals surface area contributed by atoms with Crippen LogP contribution in [0.5, 0.6) is 0 Å². The van der Waals surface area contributed by atoms with Crippen LogP contribution in [0, 0.1) is 11.3 Å². The molecule has 1 saturated heterocycles. The van der Waals surface area contributed by atoms with Gasteiger partial charge in [-0.3, -0.25) is 14.2 Å². The predicted molar refractivity (Wildman–Crippen MR) is 123 cm³/mol. The van der Waals surface area contributed by atoms with E-state index in [9.17, 15) is 14.9 Å². The molecular formula is C22H24N6O3S. The van der Waals surface area contributed by atoms with Crippen LogP contribution >= 0.6 is 11.3 Å². The Hall–Kier alpha value is -3.26. The lowest BCUT2D eigenvalue weighted by Crippen LogP contribution is -2.45. The number of aliphatic hydroxyl groups is 1. The highest BCUT2D eigenvalue weighted by molar-refractivity contribution is 7.20. The zero-order valence-corrected chi connectivity index (χ0v) is 18.3. The Kier molecular flexibility index (Phi) is 6.50. The van der Waals surface area contributed by atoms with E-state index in [1.807, 2.05) is 17.0 Å². The van der Waals surface area contributed by atoms with E-state index < -0.39 is 0 Å². The van der Waals surface area contributed by atoms with Crippen LogP contribution in [0.25, 0.3) is 10.2 Å². The molecule has 32 heavy (non-hydrogen) atoms. The second kappa shape index (κ2) is 9.48. The summed E-state index contributed by atoms with van der Waals surface area (Å²) in [5, 5.41) is 21.0. The van der Waals surface area contributed by atoms with Crippen LogP contribution in [-0.4, -0.2) is 52.8 Å². The summed E-state index contributed by atoms with van der Waals surface area (Å²) >= 11 is 1.08. The van der Waals surface area contributed by atoms with Crippen LogP contribution < -0.4 is 21.5 Å². The average molecular weight is 453 g/mol. The van der Waals surface area contributed by atoms with E-state index in [1.54, 1.807) is 22.8 Å². The summed E-state index contributed by atoms with van der Waals surface area (Å²) in [4.78, 5) is 33.0. The van der Waals surface area contributed by atoms with Gasteiger partial charge >= 0.3 is 0 Å². The molecule has 3 heterocycles. The summed E-state index contributed by atoms with van der Waals surface area (Å²) in [6, 6.07) is 10.9. The lowest BCUT2D eigenvalue weighted by atomic mass is 10.1. The topological polar surface area (TPSA) is 137 Å². The van der Waals surface area contributed by atoms with E-state index in [2.05, 4.69) is 11.4 Å². The van der Waals surface area contributed by atoms with Crippen molar-refractivity contribution in [3.8, 4) is 6.07 Å². The first-order valence-corrected chi connectivity index (χ1v) is 11.3. The molecule has 0 bridgehead atoms. The fourth-order valence-corrected chi connectivity index (χ4v) is 4.84. The summed E-state index contributed by atoms with van der Waals surface area (Å²) in [7, 11) is 0. The summed E-state index contributed by atoms with van der Waals surface area (Å²) < 4.78 is 1.95. The minimum Gasteiger partial charge on any atom is -0.395 e. The number of nitrogens with one attached hydrogen (secondary N) is 1. The molecule has 4 N–H and O–H groups in total. The van der Waals surface area contributed by atoms with Crippen molar-refractivity contribution in [2.45, 2.75) is 25.4 Å². The maximum atomic E-state index is 13.5. The third-order valence-corrected chi connectivity index (χ3v) is 6.55. The fourth-order valence-electron chi connectivity index (χ4n) is 3.88. The van der Waals surface area contributed by atoms with Gasteiger partial charge in [0, 0.05) is 25.7 Å². The van der Waals surface area contributed by atoms with Crippen LogP contribution in [0.4, 0.5) is 5.95 Å². The number of thiophene rings is 1. The number of aromatic nitrogens is 2. The smallest absolute Gasteiger partial charge is 0.273 e. The van der Waals surface area contributed by atoms with Crippen molar-refractivity contribution in [3.63, 3.8) is 0 Å². The molecule has 1 amide bonds. The molecule has 3 aromatic rings. The van der Waals surface area contributed by atoms with Gasteiger partial charge in [0.1, 0.15) is 4.70 Å². The van der Waals surface area contributed by atoms with Crippen LogP contribution in [0.2, 0.25) is 0 Å². The van der Waals surface area contributed by atoms with E-state index in [-0.39, 0.29) is 37.2 Å². The number of rotatable bonds is 6. The van der Waals surface area contributed by atoms with Crippen molar-refractivity contribution in [1.82, 2.24) is 14.9 Å². The van der Waals surface area contributed by atoms with E-state index >= 15 is 0 Å². The van der Waals surface area contributed by atoms with Gasteiger partial charge in [-0.1, -0.05) is 18.2 Å².